The van der Waals surface area contributed by atoms with Crippen LogP contribution in [-0.2, 0) is 9.59 Å². The topological polar surface area (TPSA) is 67.4 Å². The summed E-state index contributed by atoms with van der Waals surface area (Å²) in [6.07, 6.45) is -0.0580. The molecule has 26 heavy (non-hydrogen) atoms. The van der Waals surface area contributed by atoms with Gasteiger partial charge in [0.15, 0.2) is 0 Å². The lowest BCUT2D eigenvalue weighted by atomic mass is 9.90. The Morgan fingerprint density at radius 2 is 1.65 bits per heavy atom. The number of ether oxygens (including phenoxy) is 1. The highest BCUT2D eigenvalue weighted by Crippen LogP contribution is 2.28. The number of halogens is 1. The smallest absolute Gasteiger partial charge is 0.239 e. The third kappa shape index (κ3) is 4.81. The number of nitrogens with one attached hydrogen (secondary N) is 2. The van der Waals surface area contributed by atoms with Crippen molar-refractivity contribution in [2.24, 2.45) is 5.41 Å². The molecule has 0 bridgehead atoms. The summed E-state index contributed by atoms with van der Waals surface area (Å²) in [7, 11) is 0. The Bertz CT molecular complexity index is 803. The monoisotopic (exact) mass is 358 g/mol. The maximum absolute atomic E-state index is 13.3. The van der Waals surface area contributed by atoms with E-state index in [1.54, 1.807) is 30.3 Å². The van der Waals surface area contributed by atoms with Crippen LogP contribution in [0.2, 0.25) is 0 Å². The van der Waals surface area contributed by atoms with Gasteiger partial charge in [-0.15, -0.1) is 0 Å². The first-order valence-corrected chi connectivity index (χ1v) is 8.34. The van der Waals surface area contributed by atoms with Gasteiger partial charge in [-0.05, 0) is 58.0 Å². The average molecular weight is 358 g/mol. The van der Waals surface area contributed by atoms with E-state index in [9.17, 15) is 14.0 Å². The van der Waals surface area contributed by atoms with Crippen LogP contribution >= 0.6 is 0 Å². The van der Waals surface area contributed by atoms with Gasteiger partial charge in [-0.1, -0.05) is 18.2 Å². The zero-order valence-corrected chi connectivity index (χ0v) is 15.3. The number of para-hydroxylation sites is 2. The molecule has 0 saturated heterocycles. The Labute approximate surface area is 152 Å². The van der Waals surface area contributed by atoms with E-state index >= 15 is 0 Å². The molecule has 138 valence electrons. The summed E-state index contributed by atoms with van der Waals surface area (Å²) in [6, 6.07) is 12.5. The summed E-state index contributed by atoms with van der Waals surface area (Å²) in [5, 5.41) is 5.30. The normalized spacial score (nSPS) is 11.2. The molecule has 0 aliphatic rings. The Balaban J connectivity index is 2.13. The maximum atomic E-state index is 13.3. The van der Waals surface area contributed by atoms with Crippen molar-refractivity contribution in [2.45, 2.75) is 33.8 Å². The van der Waals surface area contributed by atoms with Crippen LogP contribution in [0.3, 0.4) is 0 Å². The van der Waals surface area contributed by atoms with Crippen molar-refractivity contribution in [3.05, 3.63) is 54.3 Å². The quantitative estimate of drug-likeness (QED) is 0.760. The number of hydrogen-bond donors (Lipinski definition) is 2. The van der Waals surface area contributed by atoms with Gasteiger partial charge in [0, 0.05) is 5.69 Å². The molecule has 0 heterocycles. The molecule has 0 atom stereocenters. The first-order valence-electron chi connectivity index (χ1n) is 8.34. The average Bonchev–Trinajstić information content (AvgIpc) is 2.56. The second kappa shape index (κ2) is 7.99. The van der Waals surface area contributed by atoms with Crippen LogP contribution in [0, 0.1) is 11.2 Å². The fourth-order valence-corrected chi connectivity index (χ4v) is 2.16. The fourth-order valence-electron chi connectivity index (χ4n) is 2.16. The molecule has 2 aromatic rings. The number of benzene rings is 2. The lowest BCUT2D eigenvalue weighted by Crippen LogP contribution is -2.41. The van der Waals surface area contributed by atoms with E-state index < -0.39 is 23.0 Å². The molecule has 2 aromatic carbocycles. The largest absolute Gasteiger partial charge is 0.489 e. The van der Waals surface area contributed by atoms with Crippen molar-refractivity contribution in [1.82, 2.24) is 0 Å². The maximum Gasteiger partial charge on any atom is 0.239 e. The molecule has 0 unspecified atom stereocenters. The first-order chi connectivity index (χ1) is 12.2. The molecule has 0 aromatic heterocycles. The van der Waals surface area contributed by atoms with Gasteiger partial charge in [-0.3, -0.25) is 9.59 Å². The number of hydrogen-bond acceptors (Lipinski definition) is 3. The highest BCUT2D eigenvalue weighted by molar-refractivity contribution is 6.14. The summed E-state index contributed by atoms with van der Waals surface area (Å²) in [6.45, 7) is 6.77. The van der Waals surface area contributed by atoms with E-state index in [0.717, 1.165) is 0 Å². The van der Waals surface area contributed by atoms with E-state index in [1.165, 1.54) is 32.0 Å². The van der Waals surface area contributed by atoms with E-state index in [0.29, 0.717) is 17.1 Å². The van der Waals surface area contributed by atoms with Crippen LogP contribution in [0.25, 0.3) is 0 Å². The number of carbonyl (C=O) groups excluding carboxylic acids is 2. The predicted octanol–water partition coefficient (Wildman–Crippen LogP) is 4.22. The minimum atomic E-state index is -1.38. The molecule has 6 heteroatoms. The summed E-state index contributed by atoms with van der Waals surface area (Å²) in [4.78, 5) is 25.2. The van der Waals surface area contributed by atoms with Crippen molar-refractivity contribution < 1.29 is 18.7 Å². The SMILES string of the molecule is CC(C)Oc1ccccc1NC(=O)C(C)(C)C(=O)Nc1cccc(F)c1. The Hall–Kier alpha value is -2.89. The zero-order chi connectivity index (χ0) is 19.3. The summed E-state index contributed by atoms with van der Waals surface area (Å²) in [5.41, 5.74) is -0.602. The van der Waals surface area contributed by atoms with E-state index in [1.807, 2.05) is 13.8 Å². The third-order valence-electron chi connectivity index (χ3n) is 3.72. The highest BCUT2D eigenvalue weighted by Gasteiger charge is 2.36. The predicted molar refractivity (Wildman–Crippen MR) is 99.6 cm³/mol. The van der Waals surface area contributed by atoms with Gasteiger partial charge in [0.1, 0.15) is 17.0 Å². The lowest BCUT2D eigenvalue weighted by molar-refractivity contribution is -0.135. The summed E-state index contributed by atoms with van der Waals surface area (Å²) in [5.74, 6) is -0.976. The molecular weight excluding hydrogens is 335 g/mol. The van der Waals surface area contributed by atoms with Crippen LogP contribution in [0.15, 0.2) is 48.5 Å². The van der Waals surface area contributed by atoms with Crippen molar-refractivity contribution in [3.8, 4) is 5.75 Å². The van der Waals surface area contributed by atoms with Gasteiger partial charge in [0.2, 0.25) is 11.8 Å². The Morgan fingerprint density at radius 3 is 2.31 bits per heavy atom. The van der Waals surface area contributed by atoms with Gasteiger partial charge in [0.05, 0.1) is 11.8 Å². The van der Waals surface area contributed by atoms with E-state index in [4.69, 9.17) is 4.74 Å². The van der Waals surface area contributed by atoms with Crippen LogP contribution in [0.4, 0.5) is 15.8 Å². The lowest BCUT2D eigenvalue weighted by Gasteiger charge is -2.24. The molecule has 2 amide bonds. The summed E-state index contributed by atoms with van der Waals surface area (Å²) < 4.78 is 18.9. The van der Waals surface area contributed by atoms with Gasteiger partial charge in [-0.2, -0.15) is 0 Å². The highest BCUT2D eigenvalue weighted by atomic mass is 19.1. The Morgan fingerprint density at radius 1 is 1.00 bits per heavy atom. The minimum absolute atomic E-state index is 0.0580. The zero-order valence-electron chi connectivity index (χ0n) is 15.3. The fraction of sp³-hybridized carbons (Fsp3) is 0.300. The van der Waals surface area contributed by atoms with Crippen LogP contribution in [-0.4, -0.2) is 17.9 Å². The molecule has 0 aliphatic heterocycles. The number of anilines is 2. The molecule has 0 saturated carbocycles. The van der Waals surface area contributed by atoms with Crippen molar-refractivity contribution >= 4 is 23.2 Å². The second-order valence-electron chi connectivity index (χ2n) is 6.71. The molecular formula is C20H23FN2O3. The van der Waals surface area contributed by atoms with Gasteiger partial charge in [0.25, 0.3) is 0 Å². The molecule has 0 spiro atoms. The summed E-state index contributed by atoms with van der Waals surface area (Å²) >= 11 is 0. The van der Waals surface area contributed by atoms with E-state index in [2.05, 4.69) is 10.6 Å². The van der Waals surface area contributed by atoms with Crippen molar-refractivity contribution in [3.63, 3.8) is 0 Å². The van der Waals surface area contributed by atoms with Crippen LogP contribution < -0.4 is 15.4 Å². The van der Waals surface area contributed by atoms with Gasteiger partial charge in [-0.25, -0.2) is 4.39 Å². The number of rotatable bonds is 6. The molecule has 2 rings (SSSR count). The van der Waals surface area contributed by atoms with Crippen molar-refractivity contribution in [2.75, 3.05) is 10.6 Å². The molecule has 5 nitrogen and oxygen atoms in total. The first kappa shape index (κ1) is 19.4. The number of carbonyl (C=O) groups is 2. The van der Waals surface area contributed by atoms with Crippen LogP contribution in [0.1, 0.15) is 27.7 Å². The molecule has 0 fully saturated rings. The molecule has 2 N–H and O–H groups in total. The Kier molecular flexibility index (Phi) is 5.97. The third-order valence-corrected chi connectivity index (χ3v) is 3.72. The second-order valence-corrected chi connectivity index (χ2v) is 6.71. The standard InChI is InChI=1S/C20H23FN2O3/c1-13(2)26-17-11-6-5-10-16(17)23-19(25)20(3,4)18(24)22-15-9-7-8-14(21)12-15/h5-13H,1-4H3,(H,22,24)(H,23,25). The van der Waals surface area contributed by atoms with Gasteiger partial charge >= 0.3 is 0 Å². The molecule has 0 radical (unpaired) electrons. The number of amides is 2. The van der Waals surface area contributed by atoms with Crippen molar-refractivity contribution in [1.29, 1.82) is 0 Å². The molecule has 0 aliphatic carbocycles. The van der Waals surface area contributed by atoms with Crippen LogP contribution in [0.5, 0.6) is 5.75 Å². The minimum Gasteiger partial charge on any atom is -0.489 e. The van der Waals surface area contributed by atoms with E-state index in [-0.39, 0.29) is 6.10 Å². The van der Waals surface area contributed by atoms with Gasteiger partial charge < -0.3 is 15.4 Å².